The van der Waals surface area contributed by atoms with Crippen molar-refractivity contribution >= 4 is 43.8 Å². The zero-order valence-corrected chi connectivity index (χ0v) is 27.0. The Kier molecular flexibility index (Phi) is 9.54. The second-order valence-electron chi connectivity index (χ2n) is 10.6. The van der Waals surface area contributed by atoms with Crippen LogP contribution >= 0.6 is 31.9 Å². The summed E-state index contributed by atoms with van der Waals surface area (Å²) in [6.07, 6.45) is 5.93. The van der Waals surface area contributed by atoms with Crippen LogP contribution in [0, 0.1) is 0 Å². The van der Waals surface area contributed by atoms with Crippen molar-refractivity contribution in [2.45, 2.75) is 84.7 Å². The first kappa shape index (κ1) is 31.1. The molecule has 1 aliphatic rings. The molecule has 0 spiro atoms. The Labute approximate surface area is 258 Å². The summed E-state index contributed by atoms with van der Waals surface area (Å²) in [6, 6.07) is 8.42. The third-order valence-electron chi connectivity index (χ3n) is 7.69. The Morgan fingerprint density at radius 3 is 1.61 bits per heavy atom. The maximum absolute atomic E-state index is 13.7. The predicted octanol–water partition coefficient (Wildman–Crippen LogP) is 8.59. The first-order valence-corrected chi connectivity index (χ1v) is 15.8. The number of halogens is 2. The van der Waals surface area contributed by atoms with Gasteiger partial charge in [-0.15, -0.1) is 0 Å². The first-order chi connectivity index (χ1) is 19.6. The number of carbonyl (C=O) groups is 2. The third-order valence-corrected chi connectivity index (χ3v) is 9.46. The van der Waals surface area contributed by atoms with Gasteiger partial charge in [-0.05, 0) is 91.9 Å². The van der Waals surface area contributed by atoms with Gasteiger partial charge in [-0.25, -0.2) is 9.59 Å². The van der Waals surface area contributed by atoms with Gasteiger partial charge in [0.05, 0.1) is 31.2 Å². The number of phenols is 2. The fourth-order valence-corrected chi connectivity index (χ4v) is 7.06. The molecule has 3 aromatic rings. The number of hydrogen-bond acceptors (Lipinski definition) is 5. The van der Waals surface area contributed by atoms with Gasteiger partial charge in [0.2, 0.25) is 0 Å². The molecule has 6 nitrogen and oxygen atoms in total. The van der Waals surface area contributed by atoms with Crippen molar-refractivity contribution in [1.29, 1.82) is 0 Å². The van der Waals surface area contributed by atoms with E-state index in [0.29, 0.717) is 38.5 Å². The summed E-state index contributed by atoms with van der Waals surface area (Å²) < 4.78 is 7.40. The van der Waals surface area contributed by atoms with E-state index < -0.39 is 17.5 Å². The minimum Gasteiger partial charge on any atom is -0.506 e. The Morgan fingerprint density at radius 1 is 0.756 bits per heavy atom. The highest BCUT2D eigenvalue weighted by molar-refractivity contribution is 9.11. The summed E-state index contributed by atoms with van der Waals surface area (Å²) in [5.74, 6) is -1.99. The monoisotopic (exact) mass is 686 g/mol. The van der Waals surface area contributed by atoms with Gasteiger partial charge in [-0.3, -0.25) is 0 Å². The molecule has 4 rings (SSSR count). The van der Waals surface area contributed by atoms with Gasteiger partial charge in [0, 0.05) is 5.56 Å². The molecule has 0 amide bonds. The van der Waals surface area contributed by atoms with Crippen molar-refractivity contribution in [2.24, 2.45) is 0 Å². The van der Waals surface area contributed by atoms with Crippen molar-refractivity contribution in [3.05, 3.63) is 89.3 Å². The minimum atomic E-state index is -1.72. The zero-order valence-electron chi connectivity index (χ0n) is 23.9. The second kappa shape index (κ2) is 12.6. The summed E-state index contributed by atoms with van der Waals surface area (Å²) in [4.78, 5) is 25.5. The van der Waals surface area contributed by atoms with Gasteiger partial charge < -0.3 is 20.1 Å². The molecule has 0 radical (unpaired) electrons. The maximum Gasteiger partial charge on any atom is 0.340 e. The topological polar surface area (TPSA) is 104 Å². The number of phenolic OH excluding ortho intramolecular Hbond substituents is 2. The summed E-state index contributed by atoms with van der Waals surface area (Å²) in [6.45, 7) is 8.22. The van der Waals surface area contributed by atoms with Crippen LogP contribution in [-0.4, -0.2) is 27.3 Å². The highest BCUT2D eigenvalue weighted by atomic mass is 79.9. The number of carbonyl (C=O) groups excluding carboxylic acids is 1. The van der Waals surface area contributed by atoms with E-state index in [0.717, 1.165) is 60.8 Å². The normalized spacial score (nSPS) is 13.8. The smallest absolute Gasteiger partial charge is 0.340 e. The van der Waals surface area contributed by atoms with Crippen LogP contribution in [0.5, 0.6) is 11.5 Å². The van der Waals surface area contributed by atoms with E-state index in [4.69, 9.17) is 4.74 Å². The van der Waals surface area contributed by atoms with E-state index in [1.807, 2.05) is 26.0 Å². The van der Waals surface area contributed by atoms with Crippen LogP contribution < -0.4 is 0 Å². The molecule has 41 heavy (non-hydrogen) atoms. The van der Waals surface area contributed by atoms with E-state index in [-0.39, 0.29) is 22.6 Å². The molecule has 1 heterocycles. The molecule has 0 aromatic heterocycles. The van der Waals surface area contributed by atoms with E-state index in [2.05, 4.69) is 45.7 Å². The molecule has 3 N–H and O–H groups in total. The average molecular weight is 688 g/mol. The fourth-order valence-electron chi connectivity index (χ4n) is 6.04. The minimum absolute atomic E-state index is 0.0496. The number of carboxylic acids is 1. The molecule has 218 valence electrons. The highest BCUT2D eigenvalue weighted by Crippen LogP contribution is 2.57. The lowest BCUT2D eigenvalue weighted by Gasteiger charge is -2.36. The number of ether oxygens (including phenoxy) is 1. The van der Waals surface area contributed by atoms with Crippen LogP contribution in [0.3, 0.4) is 0 Å². The quantitative estimate of drug-likeness (QED) is 0.175. The van der Waals surface area contributed by atoms with Crippen LogP contribution in [0.1, 0.15) is 113 Å². The van der Waals surface area contributed by atoms with Crippen LogP contribution in [0.2, 0.25) is 0 Å². The number of rotatable bonds is 11. The molecule has 0 aliphatic carbocycles. The lowest BCUT2D eigenvalue weighted by molar-refractivity contribution is 0.0234. The lowest BCUT2D eigenvalue weighted by Crippen LogP contribution is -2.33. The van der Waals surface area contributed by atoms with Crippen molar-refractivity contribution in [1.82, 2.24) is 0 Å². The molecular weight excluding hydrogens is 652 g/mol. The molecule has 0 atom stereocenters. The van der Waals surface area contributed by atoms with Crippen LogP contribution in [0.25, 0.3) is 0 Å². The van der Waals surface area contributed by atoms with E-state index >= 15 is 0 Å². The zero-order chi connectivity index (χ0) is 30.1. The standard InChI is InChI=1S/C33H36Br2O6/c1-5-9-18-15-20(11-7-3)27(34)29(36)25(18)33(24-14-13-22(31(38)39)17-23(24)32(40)41-33)26-19(10-6-2)16-21(12-8-4)28(35)30(26)37/h13-17,36-37H,5-12H2,1-4H3,(H,38,39). The molecule has 0 saturated heterocycles. The molecular formula is C33H36Br2O6. The van der Waals surface area contributed by atoms with Crippen LogP contribution in [0.15, 0.2) is 39.3 Å². The van der Waals surface area contributed by atoms with Crippen LogP contribution in [-0.2, 0) is 36.0 Å². The van der Waals surface area contributed by atoms with E-state index in [1.165, 1.54) is 12.1 Å². The molecule has 0 saturated carbocycles. The number of aromatic carboxylic acids is 1. The number of benzene rings is 3. The lowest BCUT2D eigenvalue weighted by atomic mass is 9.73. The van der Waals surface area contributed by atoms with Crippen molar-refractivity contribution < 1.29 is 29.6 Å². The van der Waals surface area contributed by atoms with Gasteiger partial charge in [0.25, 0.3) is 0 Å². The molecule has 0 unspecified atom stereocenters. The molecule has 0 bridgehead atoms. The van der Waals surface area contributed by atoms with Gasteiger partial charge in [0.15, 0.2) is 5.60 Å². The Balaban J connectivity index is 2.24. The van der Waals surface area contributed by atoms with Gasteiger partial charge in [-0.2, -0.15) is 0 Å². The van der Waals surface area contributed by atoms with Crippen molar-refractivity contribution in [3.8, 4) is 11.5 Å². The van der Waals surface area contributed by atoms with Crippen molar-refractivity contribution in [3.63, 3.8) is 0 Å². The molecule has 8 heteroatoms. The number of fused-ring (bicyclic) bond motifs is 1. The number of hydrogen-bond donors (Lipinski definition) is 3. The largest absolute Gasteiger partial charge is 0.506 e. The number of esters is 1. The molecule has 1 aliphatic heterocycles. The number of aromatic hydroxyl groups is 2. The Bertz CT molecular complexity index is 1440. The molecule has 0 fully saturated rings. The Hall–Kier alpha value is -2.84. The van der Waals surface area contributed by atoms with Crippen molar-refractivity contribution in [2.75, 3.05) is 0 Å². The van der Waals surface area contributed by atoms with Crippen LogP contribution in [0.4, 0.5) is 0 Å². The summed E-state index contributed by atoms with van der Waals surface area (Å²) in [7, 11) is 0. The number of carboxylic acid groups (broad SMARTS) is 1. The number of aryl methyl sites for hydroxylation is 4. The van der Waals surface area contributed by atoms with Gasteiger partial charge in [-0.1, -0.05) is 71.6 Å². The summed E-state index contributed by atoms with van der Waals surface area (Å²) in [5.41, 5.74) is 2.96. The van der Waals surface area contributed by atoms with Gasteiger partial charge >= 0.3 is 11.9 Å². The predicted molar refractivity (Wildman–Crippen MR) is 166 cm³/mol. The average Bonchev–Trinajstić information content (AvgIpc) is 3.22. The summed E-state index contributed by atoms with van der Waals surface area (Å²) in [5, 5.41) is 33.6. The fraction of sp³-hybridized carbons (Fsp3) is 0.394. The Morgan fingerprint density at radius 2 is 1.20 bits per heavy atom. The third kappa shape index (κ3) is 5.29. The molecule has 3 aromatic carbocycles. The van der Waals surface area contributed by atoms with E-state index in [1.54, 1.807) is 6.07 Å². The maximum atomic E-state index is 13.7. The van der Waals surface area contributed by atoms with Gasteiger partial charge in [0.1, 0.15) is 11.5 Å². The first-order valence-electron chi connectivity index (χ1n) is 14.3. The highest BCUT2D eigenvalue weighted by Gasteiger charge is 2.54. The number of cyclic esters (lactones) is 1. The van der Waals surface area contributed by atoms with E-state index in [9.17, 15) is 24.9 Å². The second-order valence-corrected chi connectivity index (χ2v) is 12.2. The SMILES string of the molecule is CCCc1cc(CCC)c(C2(c3c(CCC)cc(CCC)c(Br)c3O)OC(=O)c3cc(C(=O)O)ccc32)c(O)c1Br. The summed E-state index contributed by atoms with van der Waals surface area (Å²) >= 11 is 7.24.